The molecule has 2 atom stereocenters. The molecule has 3 fully saturated rings. The molecule has 1 aliphatic carbocycles. The van der Waals surface area contributed by atoms with Crippen molar-refractivity contribution in [3.8, 4) is 0 Å². The number of fused-ring (bicyclic) bond motifs is 1. The van der Waals surface area contributed by atoms with E-state index < -0.39 is 23.8 Å². The van der Waals surface area contributed by atoms with Gasteiger partial charge >= 0.3 is 0 Å². The molecule has 8 nitrogen and oxygen atoms in total. The number of nitrogens with two attached hydrogens (primary N) is 1. The first kappa shape index (κ1) is 18.3. The number of piperidine rings is 2. The zero-order valence-corrected chi connectivity index (χ0v) is 16.1. The molecule has 1 saturated carbocycles. The van der Waals surface area contributed by atoms with Crippen LogP contribution in [0.1, 0.15) is 59.2 Å². The third-order valence-electron chi connectivity index (χ3n) is 6.88. The first-order valence-corrected chi connectivity index (χ1v) is 10.2. The summed E-state index contributed by atoms with van der Waals surface area (Å²) in [5.41, 5.74) is 8.10. The lowest BCUT2D eigenvalue weighted by atomic mass is 9.63. The van der Waals surface area contributed by atoms with Crippen LogP contribution in [0, 0.1) is 5.41 Å². The summed E-state index contributed by atoms with van der Waals surface area (Å²) >= 11 is 0. The highest BCUT2D eigenvalue weighted by Gasteiger charge is 2.46. The van der Waals surface area contributed by atoms with Gasteiger partial charge in [0.15, 0.2) is 0 Å². The summed E-state index contributed by atoms with van der Waals surface area (Å²) in [6, 6.07) is 4.44. The number of nitrogens with one attached hydrogen (secondary N) is 1. The van der Waals surface area contributed by atoms with E-state index in [1.165, 1.54) is 19.3 Å². The Morgan fingerprint density at radius 1 is 1.07 bits per heavy atom. The van der Waals surface area contributed by atoms with Crippen LogP contribution < -0.4 is 16.0 Å². The average molecular weight is 396 g/mol. The maximum absolute atomic E-state index is 13.0. The fourth-order valence-corrected chi connectivity index (χ4v) is 5.33. The molecule has 3 N–H and O–H groups in total. The zero-order valence-electron chi connectivity index (χ0n) is 16.1. The Balaban J connectivity index is 1.42. The molecule has 3 aliphatic heterocycles. The highest BCUT2D eigenvalue weighted by molar-refractivity contribution is 6.23. The van der Waals surface area contributed by atoms with Crippen molar-refractivity contribution in [2.24, 2.45) is 11.1 Å². The molecule has 5 rings (SSSR count). The van der Waals surface area contributed by atoms with Gasteiger partial charge in [0.2, 0.25) is 11.8 Å². The summed E-state index contributed by atoms with van der Waals surface area (Å²) in [4.78, 5) is 52.7. The summed E-state index contributed by atoms with van der Waals surface area (Å²) in [7, 11) is 0. The van der Waals surface area contributed by atoms with Crippen LogP contribution in [-0.4, -0.2) is 53.7 Å². The predicted octanol–water partition coefficient (Wildman–Crippen LogP) is 0.795. The standard InChI is InChI=1S/C21H24N4O4/c22-12-9-21(6-1-7-21)11-24(10-12)13-2-3-14-15(8-13)20(29)25(19(14)28)16-4-5-17(26)23-18(16)27/h2-3,8,12,16H,1,4-7,9-11,22H2,(H,23,26,27). The predicted molar refractivity (Wildman–Crippen MR) is 104 cm³/mol. The van der Waals surface area contributed by atoms with Gasteiger partial charge in [0.1, 0.15) is 6.04 Å². The van der Waals surface area contributed by atoms with Gasteiger partial charge < -0.3 is 10.6 Å². The molecule has 152 valence electrons. The summed E-state index contributed by atoms with van der Waals surface area (Å²) < 4.78 is 0. The molecule has 2 saturated heterocycles. The average Bonchev–Trinajstić information content (AvgIpc) is 2.91. The number of hydrogen-bond acceptors (Lipinski definition) is 6. The number of hydrogen-bond donors (Lipinski definition) is 2. The van der Waals surface area contributed by atoms with Gasteiger partial charge in [-0.05, 0) is 49.3 Å². The number of nitrogens with zero attached hydrogens (tertiary/aromatic N) is 2. The minimum absolute atomic E-state index is 0.0922. The number of carbonyl (C=O) groups excluding carboxylic acids is 4. The SMILES string of the molecule is NC1CN(c2ccc3c(c2)C(=O)N(C2CCC(=O)NC2=O)C3=O)CC2(CCC2)C1. The number of carbonyl (C=O) groups is 4. The Morgan fingerprint density at radius 3 is 2.52 bits per heavy atom. The van der Waals surface area contributed by atoms with Crippen molar-refractivity contribution in [3.05, 3.63) is 29.3 Å². The van der Waals surface area contributed by atoms with E-state index in [0.29, 0.717) is 11.1 Å². The first-order chi connectivity index (χ1) is 13.9. The lowest BCUT2D eigenvalue weighted by Gasteiger charge is -2.51. The minimum Gasteiger partial charge on any atom is -0.369 e. The number of benzene rings is 1. The molecule has 4 amide bonds. The molecule has 3 heterocycles. The van der Waals surface area contributed by atoms with E-state index >= 15 is 0 Å². The number of rotatable bonds is 2. The third-order valence-corrected chi connectivity index (χ3v) is 6.88. The molecule has 4 aliphatic rings. The second-order valence-corrected chi connectivity index (χ2v) is 8.88. The van der Waals surface area contributed by atoms with Crippen LogP contribution in [0.15, 0.2) is 18.2 Å². The normalized spacial score (nSPS) is 28.4. The smallest absolute Gasteiger partial charge is 0.262 e. The van der Waals surface area contributed by atoms with Crippen LogP contribution in [-0.2, 0) is 9.59 Å². The second-order valence-electron chi connectivity index (χ2n) is 8.88. The third kappa shape index (κ3) is 2.85. The van der Waals surface area contributed by atoms with E-state index in [4.69, 9.17) is 5.73 Å². The van der Waals surface area contributed by atoms with Crippen molar-refractivity contribution in [3.63, 3.8) is 0 Å². The largest absolute Gasteiger partial charge is 0.369 e. The number of anilines is 1. The Kier molecular flexibility index (Phi) is 4.03. The van der Waals surface area contributed by atoms with Crippen LogP contribution in [0.5, 0.6) is 0 Å². The van der Waals surface area contributed by atoms with E-state index in [1.807, 2.05) is 6.07 Å². The van der Waals surface area contributed by atoms with Gasteiger partial charge in [0.05, 0.1) is 11.1 Å². The van der Waals surface area contributed by atoms with Crippen LogP contribution in [0.2, 0.25) is 0 Å². The van der Waals surface area contributed by atoms with Gasteiger partial charge in [-0.15, -0.1) is 0 Å². The van der Waals surface area contributed by atoms with Crippen molar-refractivity contribution in [2.75, 3.05) is 18.0 Å². The maximum Gasteiger partial charge on any atom is 0.262 e. The highest BCUT2D eigenvalue weighted by atomic mass is 16.2. The Hall–Kier alpha value is -2.74. The Bertz CT molecular complexity index is 939. The zero-order chi connectivity index (χ0) is 20.3. The molecule has 1 spiro atoms. The molecule has 29 heavy (non-hydrogen) atoms. The van der Waals surface area contributed by atoms with Gasteiger partial charge in [-0.1, -0.05) is 6.42 Å². The lowest BCUT2D eigenvalue weighted by molar-refractivity contribution is -0.136. The second kappa shape index (κ2) is 6.38. The highest BCUT2D eigenvalue weighted by Crippen LogP contribution is 2.48. The fraction of sp³-hybridized carbons (Fsp3) is 0.524. The van der Waals surface area contributed by atoms with Gasteiger partial charge in [0.25, 0.3) is 11.8 Å². The van der Waals surface area contributed by atoms with Crippen molar-refractivity contribution < 1.29 is 19.2 Å². The van der Waals surface area contributed by atoms with Crippen LogP contribution in [0.4, 0.5) is 5.69 Å². The minimum atomic E-state index is -0.940. The van der Waals surface area contributed by atoms with E-state index in [2.05, 4.69) is 10.2 Å². The quantitative estimate of drug-likeness (QED) is 0.715. The fourth-order valence-electron chi connectivity index (χ4n) is 5.33. The summed E-state index contributed by atoms with van der Waals surface area (Å²) in [5, 5.41) is 2.22. The monoisotopic (exact) mass is 396 g/mol. The lowest BCUT2D eigenvalue weighted by Crippen LogP contribution is -2.55. The van der Waals surface area contributed by atoms with Crippen molar-refractivity contribution >= 4 is 29.3 Å². The molecular weight excluding hydrogens is 372 g/mol. The molecule has 0 bridgehead atoms. The molecule has 1 aromatic carbocycles. The molecule has 2 unspecified atom stereocenters. The van der Waals surface area contributed by atoms with E-state index in [0.717, 1.165) is 30.1 Å². The molecule has 0 radical (unpaired) electrons. The van der Waals surface area contributed by atoms with Crippen molar-refractivity contribution in [2.45, 2.75) is 50.6 Å². The Labute approximate surface area is 168 Å². The van der Waals surface area contributed by atoms with Gasteiger partial charge in [0, 0.05) is 31.2 Å². The van der Waals surface area contributed by atoms with Crippen molar-refractivity contribution in [1.82, 2.24) is 10.2 Å². The molecule has 8 heteroatoms. The van der Waals surface area contributed by atoms with Crippen LogP contribution >= 0.6 is 0 Å². The van der Waals surface area contributed by atoms with Crippen molar-refractivity contribution in [1.29, 1.82) is 0 Å². The molecule has 1 aromatic rings. The van der Waals surface area contributed by atoms with E-state index in [-0.39, 0.29) is 30.2 Å². The summed E-state index contributed by atoms with van der Waals surface area (Å²) in [6.45, 7) is 1.64. The number of amides is 4. The van der Waals surface area contributed by atoms with E-state index in [1.54, 1.807) is 12.1 Å². The summed E-state index contributed by atoms with van der Waals surface area (Å²) in [5.74, 6) is -1.92. The van der Waals surface area contributed by atoms with Gasteiger partial charge in [-0.2, -0.15) is 0 Å². The molecular formula is C21H24N4O4. The van der Waals surface area contributed by atoms with Gasteiger partial charge in [-0.3, -0.25) is 29.4 Å². The van der Waals surface area contributed by atoms with Crippen LogP contribution in [0.3, 0.4) is 0 Å². The number of imide groups is 2. The van der Waals surface area contributed by atoms with Gasteiger partial charge in [-0.25, -0.2) is 0 Å². The van der Waals surface area contributed by atoms with E-state index in [9.17, 15) is 19.2 Å². The molecule has 0 aromatic heterocycles. The Morgan fingerprint density at radius 2 is 1.83 bits per heavy atom. The first-order valence-electron chi connectivity index (χ1n) is 10.2. The summed E-state index contributed by atoms with van der Waals surface area (Å²) in [6.07, 6.45) is 4.91. The topological polar surface area (TPSA) is 113 Å². The van der Waals surface area contributed by atoms with Crippen LogP contribution in [0.25, 0.3) is 0 Å². The maximum atomic E-state index is 13.0.